The second-order valence-electron chi connectivity index (χ2n) is 4.00. The maximum Gasteiger partial charge on any atom is 4.00 e. The quantitative estimate of drug-likeness (QED) is 0.464. The fraction of sp³-hybridized carbons (Fsp3) is 0.500. The van der Waals surface area contributed by atoms with Crippen LogP contribution in [0.2, 0.25) is 0 Å². The van der Waals surface area contributed by atoms with E-state index in [1.54, 1.807) is 0 Å². The van der Waals surface area contributed by atoms with E-state index in [0.29, 0.717) is 0 Å². The SMILES string of the molecule is C1CNCCNCCNCC[N-]1.Cl.Cl.[CH3-].[CH3-].[Ti+4].[c-]1ccccc1. The van der Waals surface area contributed by atoms with Gasteiger partial charge in [-0.05, 0) is 13.1 Å². The molecule has 4 nitrogen and oxygen atoms in total. The van der Waals surface area contributed by atoms with Gasteiger partial charge in [0.1, 0.15) is 0 Å². The zero-order valence-electron chi connectivity index (χ0n) is 14.3. The Balaban J connectivity index is -0.0000000866. The Morgan fingerprint density at radius 1 is 0.652 bits per heavy atom. The summed E-state index contributed by atoms with van der Waals surface area (Å²) >= 11 is 0. The summed E-state index contributed by atoms with van der Waals surface area (Å²) in [5.41, 5.74) is 0. The standard InChI is InChI=1S/C8H19N4.C6H5.2CH3.2ClH.Ti/c1-2-10-5-6-12-8-7-11-4-3-9-1;1-2-4-6-5-3-1;;;;;/h9-11H,1-8H2;1-5H;2*1H3;2*1H;/q4*-1;;;+4. The van der Waals surface area contributed by atoms with Crippen molar-refractivity contribution in [2.24, 2.45) is 0 Å². The van der Waals surface area contributed by atoms with Gasteiger partial charge < -0.3 is 36.1 Å². The summed E-state index contributed by atoms with van der Waals surface area (Å²) in [6.07, 6.45) is 0. The summed E-state index contributed by atoms with van der Waals surface area (Å²) in [5.74, 6) is 0. The van der Waals surface area contributed by atoms with E-state index in [9.17, 15) is 0 Å². The van der Waals surface area contributed by atoms with Gasteiger partial charge in [0.25, 0.3) is 0 Å². The van der Waals surface area contributed by atoms with Crippen LogP contribution in [0, 0.1) is 20.9 Å². The van der Waals surface area contributed by atoms with Crippen molar-refractivity contribution in [3.8, 4) is 0 Å². The van der Waals surface area contributed by atoms with Gasteiger partial charge in [-0.2, -0.15) is 36.4 Å². The Morgan fingerprint density at radius 3 is 1.35 bits per heavy atom. The Labute approximate surface area is 171 Å². The molecule has 0 aliphatic carbocycles. The molecule has 0 amide bonds. The van der Waals surface area contributed by atoms with Crippen LogP contribution in [0.3, 0.4) is 0 Å². The van der Waals surface area contributed by atoms with Crippen molar-refractivity contribution in [2.75, 3.05) is 52.4 Å². The minimum absolute atomic E-state index is 0. The predicted molar refractivity (Wildman–Crippen MR) is 104 cm³/mol. The molecule has 7 heteroatoms. The van der Waals surface area contributed by atoms with Gasteiger partial charge in [0.2, 0.25) is 0 Å². The molecule has 23 heavy (non-hydrogen) atoms. The maximum atomic E-state index is 4.36. The topological polar surface area (TPSA) is 50.2 Å². The summed E-state index contributed by atoms with van der Waals surface area (Å²) in [7, 11) is 0. The minimum Gasteiger partial charge on any atom is -0.660 e. The molecule has 3 N–H and O–H groups in total. The molecule has 1 aromatic carbocycles. The first-order chi connectivity index (χ1) is 9.00. The molecule has 1 fully saturated rings. The van der Waals surface area contributed by atoms with E-state index in [0.717, 1.165) is 52.4 Å². The number of hydrogen-bond acceptors (Lipinski definition) is 3. The van der Waals surface area contributed by atoms with E-state index in [1.807, 2.05) is 30.3 Å². The van der Waals surface area contributed by atoms with Gasteiger partial charge >= 0.3 is 21.7 Å². The smallest absolute Gasteiger partial charge is 0.660 e. The number of hydrogen-bond donors (Lipinski definition) is 3. The Hall–Kier alpha value is 0.354. The Kier molecular flexibility index (Phi) is 45.6. The van der Waals surface area contributed by atoms with Crippen molar-refractivity contribution in [1.82, 2.24) is 16.0 Å². The zero-order chi connectivity index (χ0) is 12.7. The van der Waals surface area contributed by atoms with Crippen LogP contribution in [0.1, 0.15) is 0 Å². The third-order valence-electron chi connectivity index (χ3n) is 2.46. The fourth-order valence-corrected chi connectivity index (χ4v) is 1.50. The fourth-order valence-electron chi connectivity index (χ4n) is 1.50. The number of benzene rings is 1. The monoisotopic (exact) mass is 398 g/mol. The van der Waals surface area contributed by atoms with E-state index in [-0.39, 0.29) is 61.4 Å². The van der Waals surface area contributed by atoms with E-state index in [4.69, 9.17) is 0 Å². The zero-order valence-corrected chi connectivity index (χ0v) is 17.5. The summed E-state index contributed by atoms with van der Waals surface area (Å²) in [5, 5.41) is 14.4. The van der Waals surface area contributed by atoms with E-state index < -0.39 is 0 Å². The summed E-state index contributed by atoms with van der Waals surface area (Å²) in [4.78, 5) is 0. The van der Waals surface area contributed by atoms with Crippen LogP contribution in [0.5, 0.6) is 0 Å². The number of nitrogens with one attached hydrogen (secondary N) is 3. The third-order valence-corrected chi connectivity index (χ3v) is 2.46. The molecule has 0 unspecified atom stereocenters. The van der Waals surface area contributed by atoms with Gasteiger partial charge in [0.05, 0.1) is 0 Å². The van der Waals surface area contributed by atoms with Gasteiger partial charge in [-0.3, -0.25) is 0 Å². The van der Waals surface area contributed by atoms with Crippen molar-refractivity contribution in [3.05, 3.63) is 56.6 Å². The Bertz CT molecular complexity index is 200. The molecule has 0 aromatic heterocycles. The van der Waals surface area contributed by atoms with Crippen LogP contribution in [-0.4, -0.2) is 52.4 Å². The molecule has 2 rings (SSSR count). The molecule has 134 valence electrons. The predicted octanol–water partition coefficient (Wildman–Crippen LogP) is 2.37. The van der Waals surface area contributed by atoms with E-state index in [2.05, 4.69) is 27.3 Å². The van der Waals surface area contributed by atoms with E-state index in [1.165, 1.54) is 0 Å². The van der Waals surface area contributed by atoms with Crippen molar-refractivity contribution >= 4 is 24.8 Å². The molecule has 1 heterocycles. The number of halogens is 2. The van der Waals surface area contributed by atoms with Crippen molar-refractivity contribution in [3.63, 3.8) is 0 Å². The molecule has 0 saturated carbocycles. The molecule has 0 spiro atoms. The molecule has 1 saturated heterocycles. The average molecular weight is 399 g/mol. The summed E-state index contributed by atoms with van der Waals surface area (Å²) in [6, 6.07) is 12.5. The van der Waals surface area contributed by atoms with Gasteiger partial charge in [-0.25, -0.2) is 0 Å². The van der Waals surface area contributed by atoms with Crippen LogP contribution in [0.15, 0.2) is 30.3 Å². The number of nitrogens with zero attached hydrogens (tertiary/aromatic N) is 1. The molecule has 0 radical (unpaired) electrons. The maximum absolute atomic E-state index is 4.36. The molecule has 1 aromatic rings. The Morgan fingerprint density at radius 2 is 1.04 bits per heavy atom. The molecule has 0 bridgehead atoms. The normalized spacial score (nSPS) is 14.6. The largest absolute Gasteiger partial charge is 4.00 e. The van der Waals surface area contributed by atoms with Crippen LogP contribution in [0.25, 0.3) is 5.32 Å². The molecule has 0 atom stereocenters. The molecule has 1 aliphatic rings. The minimum atomic E-state index is 0. The van der Waals surface area contributed by atoms with Crippen molar-refractivity contribution in [2.45, 2.75) is 0 Å². The van der Waals surface area contributed by atoms with E-state index >= 15 is 0 Å². The second kappa shape index (κ2) is 30.3. The summed E-state index contributed by atoms with van der Waals surface area (Å²) in [6.45, 7) is 8.14. The first-order valence-electron chi connectivity index (χ1n) is 6.66. The second-order valence-corrected chi connectivity index (χ2v) is 4.00. The first kappa shape index (κ1) is 34.6. The molecule has 1 aliphatic heterocycles. The van der Waals surface area contributed by atoms with Gasteiger partial charge in [0.15, 0.2) is 0 Å². The third kappa shape index (κ3) is 27.5. The summed E-state index contributed by atoms with van der Waals surface area (Å²) < 4.78 is 0. The molecular formula is C16H32Cl2N4Ti. The van der Waals surface area contributed by atoms with Crippen LogP contribution in [0.4, 0.5) is 0 Å². The van der Waals surface area contributed by atoms with Crippen LogP contribution >= 0.6 is 24.8 Å². The van der Waals surface area contributed by atoms with Crippen LogP contribution < -0.4 is 16.0 Å². The van der Waals surface area contributed by atoms with Gasteiger partial charge in [0, 0.05) is 26.2 Å². The van der Waals surface area contributed by atoms with Gasteiger partial charge in [-0.15, -0.1) is 37.9 Å². The average Bonchev–Trinajstić information content (AvgIpc) is 2.42. The molecular weight excluding hydrogens is 367 g/mol. The first-order valence-corrected chi connectivity index (χ1v) is 6.66. The van der Waals surface area contributed by atoms with Crippen molar-refractivity contribution < 1.29 is 21.7 Å². The number of rotatable bonds is 0. The van der Waals surface area contributed by atoms with Crippen molar-refractivity contribution in [1.29, 1.82) is 0 Å². The van der Waals surface area contributed by atoms with Crippen LogP contribution in [-0.2, 0) is 21.7 Å². The van der Waals surface area contributed by atoms with Gasteiger partial charge in [-0.1, -0.05) is 0 Å².